The molecule has 0 bridgehead atoms. The second-order valence-electron chi connectivity index (χ2n) is 13.5. The van der Waals surface area contributed by atoms with Crippen LogP contribution in [-0.4, -0.2) is 5.66 Å². The maximum absolute atomic E-state index is 3.02. The summed E-state index contributed by atoms with van der Waals surface area (Å²) < 4.78 is 1.01. The van der Waals surface area contributed by atoms with Gasteiger partial charge in [-0.1, -0.05) is 0 Å². The molecule has 5 unspecified atom stereocenters. The number of fused-ring (bicyclic) bond motifs is 10. The monoisotopic (exact) mass is 398 g/mol. The second-order valence-corrected chi connectivity index (χ2v) is 39.6. The Kier molecular flexibility index (Phi) is 0.593. The van der Waals surface area contributed by atoms with E-state index in [1.165, 1.54) is 43.3 Å². The summed E-state index contributed by atoms with van der Waals surface area (Å²) >= 11 is 0. The minimum atomic E-state index is -3.02. The fraction of sp³-hybridized carbons (Fsp3) is 0.500. The summed E-state index contributed by atoms with van der Waals surface area (Å²) in [7, 11) is -0.183. The molecule has 5 atom stereocenters. The Bertz CT molecular complexity index is 1360. The summed E-state index contributed by atoms with van der Waals surface area (Å²) in [4.78, 5) is 13.0. The molecule has 2 aromatic rings. The van der Waals surface area contributed by atoms with Gasteiger partial charge in [-0.15, -0.1) is 0 Å². The van der Waals surface area contributed by atoms with E-state index in [1.54, 1.807) is 10.6 Å². The first-order valence-electron chi connectivity index (χ1n) is 10.7. The fourth-order valence-electron chi connectivity index (χ4n) is 19.5. The quantitative estimate of drug-likeness (QED) is 0.421. The van der Waals surface area contributed by atoms with Crippen LogP contribution in [0, 0.1) is 0 Å². The van der Waals surface area contributed by atoms with E-state index in [0.717, 1.165) is 9.97 Å². The third kappa shape index (κ3) is 0.193. The van der Waals surface area contributed by atoms with Crippen LogP contribution in [0.15, 0.2) is 60.7 Å². The van der Waals surface area contributed by atoms with Crippen molar-refractivity contribution in [2.75, 3.05) is 0 Å². The molecule has 10 heterocycles. The topological polar surface area (TPSA) is 0 Å². The summed E-state index contributed by atoms with van der Waals surface area (Å²) in [6.45, 7) is -0.251. The number of benzene rings is 2. The van der Waals surface area contributed by atoms with E-state index in [1.807, 2.05) is 0 Å². The van der Waals surface area contributed by atoms with Crippen molar-refractivity contribution < 1.29 is 6.51 Å². The van der Waals surface area contributed by atoms with Gasteiger partial charge < -0.3 is 0 Å². The van der Waals surface area contributed by atoms with Crippen LogP contribution in [0.5, 0.6) is 0 Å². The van der Waals surface area contributed by atoms with E-state index in [-0.39, 0.29) is 7.92 Å². The zero-order valence-electron chi connectivity index (χ0n) is 14.8. The van der Waals surface area contributed by atoms with Crippen molar-refractivity contribution in [3.63, 3.8) is 0 Å². The van der Waals surface area contributed by atoms with Gasteiger partial charge in [-0.2, -0.15) is 0 Å². The van der Waals surface area contributed by atoms with E-state index in [4.69, 9.17) is 0 Å². The van der Waals surface area contributed by atoms with Crippen LogP contribution in [0.25, 0.3) is 0 Å². The summed E-state index contributed by atoms with van der Waals surface area (Å²) in [5.74, 6) is 0. The second kappa shape index (κ2) is 1.35. The molecule has 0 aliphatic carbocycles. The van der Waals surface area contributed by atoms with Gasteiger partial charge in [0.2, 0.25) is 0 Å². The van der Waals surface area contributed by atoms with E-state index in [9.17, 15) is 0 Å². The first kappa shape index (κ1) is 11.4. The molecule has 0 amide bonds. The Labute approximate surface area is 145 Å². The van der Waals surface area contributed by atoms with Crippen LogP contribution in [0.3, 0.4) is 0 Å². The van der Waals surface area contributed by atoms with E-state index >= 15 is 0 Å². The van der Waals surface area contributed by atoms with Crippen LogP contribution in [0.4, 0.5) is 0 Å². The molecular formula is C24H23FeP. The average Bonchev–Trinajstić information content (AvgIpc) is 3.63. The van der Waals surface area contributed by atoms with Crippen LogP contribution < -0.4 is 10.6 Å². The van der Waals surface area contributed by atoms with E-state index in [2.05, 4.69) is 67.6 Å². The average molecular weight is 398 g/mol. The van der Waals surface area contributed by atoms with Crippen molar-refractivity contribution in [3.05, 3.63) is 60.7 Å². The van der Waals surface area contributed by atoms with Crippen LogP contribution in [-0.2, 0) is 6.51 Å². The molecule has 0 radical (unpaired) electrons. The van der Waals surface area contributed by atoms with Crippen molar-refractivity contribution in [2.24, 2.45) is 0 Å². The standard InChI is InChI=1S/C19H18P.C5H5.Fe/c1-16(17-10-8-9-11-17)20(18-12-4-2-5-13-18)19-14-6-3-7-15-19;1-2-4-5-3-1;/h2-16H,1H3;1-5H;. The maximum atomic E-state index is 2.77. The summed E-state index contributed by atoms with van der Waals surface area (Å²) in [5, 5.41) is 3.33. The molecule has 10 saturated heterocycles. The summed E-state index contributed by atoms with van der Waals surface area (Å²) in [6.07, 6.45) is 0. The molecule has 26 heavy (non-hydrogen) atoms. The SMILES string of the molecule is CC(P(c1ccccc1)c1ccccc1)[C]12[CH]3[CH]4[CH]5[CH]1[Fe]45321678[CH]2[CH]1[CH]6[CH]7[CH]28. The molecule has 0 nitrogen and oxygen atoms in total. The molecule has 12 rings (SSSR count). The van der Waals surface area contributed by atoms with Gasteiger partial charge in [-0.25, -0.2) is 0 Å². The summed E-state index contributed by atoms with van der Waals surface area (Å²) in [5.41, 5.74) is 0.983. The van der Waals surface area contributed by atoms with Crippen molar-refractivity contribution in [1.29, 1.82) is 0 Å². The Balaban J connectivity index is 1.19. The normalized spacial score (nSPS) is 83.2. The van der Waals surface area contributed by atoms with Crippen LogP contribution >= 0.6 is 7.92 Å². The Morgan fingerprint density at radius 2 is 1.12 bits per heavy atom. The molecular weight excluding hydrogens is 375 g/mol. The zero-order chi connectivity index (χ0) is 16.4. The van der Waals surface area contributed by atoms with Crippen LogP contribution in [0.2, 0.25) is 47.7 Å². The predicted molar refractivity (Wildman–Crippen MR) is 105 cm³/mol. The molecule has 2 heteroatoms. The van der Waals surface area contributed by atoms with Gasteiger partial charge in [0.1, 0.15) is 0 Å². The predicted octanol–water partition coefficient (Wildman–Crippen LogP) is 6.27. The molecule has 2 aromatic carbocycles. The molecule has 1 spiro atoms. The molecule has 0 aromatic heterocycles. The molecule has 10 fully saturated rings. The van der Waals surface area contributed by atoms with Gasteiger partial charge in [-0.05, 0) is 0 Å². The third-order valence-corrected chi connectivity index (χ3v) is 63.8. The zero-order valence-corrected chi connectivity index (χ0v) is 16.8. The van der Waals surface area contributed by atoms with E-state index in [0.29, 0.717) is 0 Å². The van der Waals surface area contributed by atoms with Gasteiger partial charge in [0.25, 0.3) is 0 Å². The van der Waals surface area contributed by atoms with Gasteiger partial charge in [-0.3, -0.25) is 0 Å². The molecule has 132 valence electrons. The number of hydrogen-bond donors (Lipinski definition) is 0. The van der Waals surface area contributed by atoms with Crippen LogP contribution in [0.1, 0.15) is 6.92 Å². The number of rotatable bonds is 4. The van der Waals surface area contributed by atoms with E-state index < -0.39 is 6.51 Å². The Morgan fingerprint density at radius 3 is 1.42 bits per heavy atom. The van der Waals surface area contributed by atoms with Gasteiger partial charge >= 0.3 is 146 Å². The Hall–Kier alpha value is -0.611. The summed E-state index contributed by atoms with van der Waals surface area (Å²) in [6, 6.07) is 23.4. The molecule has 10 aliphatic heterocycles. The van der Waals surface area contributed by atoms with Gasteiger partial charge in [0.05, 0.1) is 0 Å². The minimum absolute atomic E-state index is 0.183. The van der Waals surface area contributed by atoms with Gasteiger partial charge in [0, 0.05) is 0 Å². The fourth-order valence-corrected chi connectivity index (χ4v) is 101. The Morgan fingerprint density at radius 1 is 0.692 bits per heavy atom. The van der Waals surface area contributed by atoms with Gasteiger partial charge in [0.15, 0.2) is 0 Å². The molecule has 0 saturated carbocycles. The number of hydrogen-bond acceptors (Lipinski definition) is 0. The van der Waals surface area contributed by atoms with Crippen molar-refractivity contribution in [2.45, 2.75) is 60.2 Å². The first-order chi connectivity index (χ1) is 12.5. The third-order valence-electron chi connectivity index (χ3n) is 17.9. The molecule has 0 N–H and O–H groups in total. The van der Waals surface area contributed by atoms with Crippen molar-refractivity contribution in [3.8, 4) is 0 Å². The first-order valence-corrected chi connectivity index (χ1v) is 18.4. The molecule has 10 aliphatic rings. The van der Waals surface area contributed by atoms with Crippen molar-refractivity contribution >= 4 is 18.5 Å². The van der Waals surface area contributed by atoms with Crippen molar-refractivity contribution in [1.82, 2.24) is 0 Å².